The van der Waals surface area contributed by atoms with Crippen LogP contribution in [0.3, 0.4) is 0 Å². The fourth-order valence-electron chi connectivity index (χ4n) is 2.55. The quantitative estimate of drug-likeness (QED) is 0.775. The van der Waals surface area contributed by atoms with Crippen LogP contribution < -0.4 is 10.6 Å². The van der Waals surface area contributed by atoms with Gasteiger partial charge in [-0.15, -0.1) is 0 Å². The lowest BCUT2D eigenvalue weighted by molar-refractivity contribution is -0.128. The molecule has 0 fully saturated rings. The van der Waals surface area contributed by atoms with Crippen molar-refractivity contribution >= 4 is 17.6 Å². The second-order valence-corrected chi connectivity index (χ2v) is 5.84. The van der Waals surface area contributed by atoms with Crippen LogP contribution in [-0.4, -0.2) is 36.5 Å². The summed E-state index contributed by atoms with van der Waals surface area (Å²) in [6.07, 6.45) is 1.84. The van der Waals surface area contributed by atoms with Crippen LogP contribution >= 0.6 is 0 Å². The minimum atomic E-state index is -0.265. The summed E-state index contributed by atoms with van der Waals surface area (Å²) >= 11 is 0. The molecule has 0 spiro atoms. The molecule has 5 heteroatoms. The van der Waals surface area contributed by atoms with Crippen LogP contribution in [0.1, 0.15) is 18.9 Å². The number of aryl methyl sites for hydroxylation is 1. The average Bonchev–Trinajstić information content (AvgIpc) is 2.62. The van der Waals surface area contributed by atoms with Crippen molar-refractivity contribution in [1.82, 2.24) is 10.2 Å². The molecule has 5 nitrogen and oxygen atoms in total. The molecular weight excluding hydrogens is 314 g/mol. The van der Waals surface area contributed by atoms with Crippen LogP contribution in [0.15, 0.2) is 60.7 Å². The summed E-state index contributed by atoms with van der Waals surface area (Å²) in [6, 6.07) is 19.2. The Balaban J connectivity index is 1.68. The maximum Gasteiger partial charge on any atom is 0.319 e. The number of benzene rings is 2. The van der Waals surface area contributed by atoms with Gasteiger partial charge in [-0.25, -0.2) is 4.79 Å². The molecule has 0 atom stereocenters. The van der Waals surface area contributed by atoms with Crippen LogP contribution in [0.2, 0.25) is 0 Å². The number of urea groups is 1. The van der Waals surface area contributed by atoms with Crippen molar-refractivity contribution in [2.75, 3.05) is 25.0 Å². The normalized spacial score (nSPS) is 10.1. The topological polar surface area (TPSA) is 61.4 Å². The molecule has 0 aromatic heterocycles. The van der Waals surface area contributed by atoms with E-state index in [9.17, 15) is 9.59 Å². The SMILES string of the molecule is CC(=O)N(CCCc1ccccc1)CCNC(=O)Nc1ccccc1. The standard InChI is InChI=1S/C20H25N3O2/c1-17(24)23(15-8-11-18-9-4-2-5-10-18)16-14-21-20(25)22-19-12-6-3-7-13-19/h2-7,9-10,12-13H,8,11,14-16H2,1H3,(H2,21,22,25). The molecule has 0 bridgehead atoms. The molecule has 0 saturated carbocycles. The monoisotopic (exact) mass is 339 g/mol. The van der Waals surface area contributed by atoms with E-state index in [1.54, 1.807) is 11.8 Å². The Bertz CT molecular complexity index is 659. The predicted octanol–water partition coefficient (Wildman–Crippen LogP) is 3.29. The van der Waals surface area contributed by atoms with Crippen LogP contribution in [0.4, 0.5) is 10.5 Å². The largest absolute Gasteiger partial charge is 0.341 e. The molecule has 2 rings (SSSR count). The summed E-state index contributed by atoms with van der Waals surface area (Å²) in [5.74, 6) is 0.0262. The van der Waals surface area contributed by atoms with Gasteiger partial charge in [0.05, 0.1) is 0 Å². The Morgan fingerprint density at radius 3 is 2.20 bits per heavy atom. The van der Waals surface area contributed by atoms with Crippen LogP contribution in [0.25, 0.3) is 0 Å². The fourth-order valence-corrected chi connectivity index (χ4v) is 2.55. The first-order valence-corrected chi connectivity index (χ1v) is 8.54. The average molecular weight is 339 g/mol. The number of nitrogens with zero attached hydrogens (tertiary/aromatic N) is 1. The van der Waals surface area contributed by atoms with Gasteiger partial charge in [-0.2, -0.15) is 0 Å². The molecule has 0 unspecified atom stereocenters. The molecule has 0 aliphatic rings. The third-order valence-corrected chi connectivity index (χ3v) is 3.88. The first kappa shape index (κ1) is 18.5. The van der Waals surface area contributed by atoms with Crippen molar-refractivity contribution in [3.05, 3.63) is 66.2 Å². The number of nitrogens with one attached hydrogen (secondary N) is 2. The molecule has 132 valence electrons. The molecule has 2 N–H and O–H groups in total. The fraction of sp³-hybridized carbons (Fsp3) is 0.300. The number of anilines is 1. The highest BCUT2D eigenvalue weighted by Crippen LogP contribution is 2.05. The van der Waals surface area contributed by atoms with Crippen molar-refractivity contribution in [3.8, 4) is 0 Å². The Morgan fingerprint density at radius 1 is 0.920 bits per heavy atom. The van der Waals surface area contributed by atoms with Crippen molar-refractivity contribution in [3.63, 3.8) is 0 Å². The Labute approximate surface area is 149 Å². The summed E-state index contributed by atoms with van der Waals surface area (Å²) in [7, 11) is 0. The minimum absolute atomic E-state index is 0.0262. The van der Waals surface area contributed by atoms with Gasteiger partial charge in [0.15, 0.2) is 0 Å². The molecule has 25 heavy (non-hydrogen) atoms. The zero-order chi connectivity index (χ0) is 17.9. The third kappa shape index (κ3) is 7.08. The zero-order valence-electron chi connectivity index (χ0n) is 14.6. The van der Waals surface area contributed by atoms with Crippen LogP contribution in [0, 0.1) is 0 Å². The summed E-state index contributed by atoms with van der Waals surface area (Å²) in [4.78, 5) is 25.4. The Morgan fingerprint density at radius 2 is 1.56 bits per heavy atom. The van der Waals surface area contributed by atoms with Crippen molar-refractivity contribution < 1.29 is 9.59 Å². The number of carbonyl (C=O) groups excluding carboxylic acids is 2. The molecule has 0 aliphatic heterocycles. The number of rotatable bonds is 8. The smallest absolute Gasteiger partial charge is 0.319 e. The van der Waals surface area contributed by atoms with Crippen molar-refractivity contribution in [2.24, 2.45) is 0 Å². The van der Waals surface area contributed by atoms with E-state index in [-0.39, 0.29) is 11.9 Å². The third-order valence-electron chi connectivity index (χ3n) is 3.88. The van der Waals surface area contributed by atoms with Crippen molar-refractivity contribution in [2.45, 2.75) is 19.8 Å². The van der Waals surface area contributed by atoms with Gasteiger partial charge >= 0.3 is 6.03 Å². The van der Waals surface area contributed by atoms with Gasteiger partial charge in [0.2, 0.25) is 5.91 Å². The summed E-state index contributed by atoms with van der Waals surface area (Å²) in [5.41, 5.74) is 2.01. The lowest BCUT2D eigenvalue weighted by atomic mass is 10.1. The Hall–Kier alpha value is -2.82. The van der Waals surface area contributed by atoms with E-state index in [2.05, 4.69) is 22.8 Å². The highest BCUT2D eigenvalue weighted by molar-refractivity contribution is 5.89. The zero-order valence-corrected chi connectivity index (χ0v) is 14.6. The Kier molecular flexibility index (Phi) is 7.50. The molecule has 0 saturated heterocycles. The molecular formula is C20H25N3O2. The van der Waals surface area contributed by atoms with E-state index < -0.39 is 0 Å². The number of para-hydroxylation sites is 1. The number of amides is 3. The highest BCUT2D eigenvalue weighted by Gasteiger charge is 2.09. The lowest BCUT2D eigenvalue weighted by Gasteiger charge is -2.21. The van der Waals surface area contributed by atoms with E-state index in [1.165, 1.54) is 5.56 Å². The van der Waals surface area contributed by atoms with Gasteiger partial charge in [0.25, 0.3) is 0 Å². The van der Waals surface area contributed by atoms with Crippen molar-refractivity contribution in [1.29, 1.82) is 0 Å². The van der Waals surface area contributed by atoms with Crippen LogP contribution in [-0.2, 0) is 11.2 Å². The molecule has 0 aliphatic carbocycles. The molecule has 0 heterocycles. The predicted molar refractivity (Wildman–Crippen MR) is 100 cm³/mol. The number of hydrogen-bond acceptors (Lipinski definition) is 2. The lowest BCUT2D eigenvalue weighted by Crippen LogP contribution is -2.39. The minimum Gasteiger partial charge on any atom is -0.341 e. The van der Waals surface area contributed by atoms with Gasteiger partial charge in [0, 0.05) is 32.2 Å². The second kappa shape index (κ2) is 10.1. The maximum absolute atomic E-state index is 11.8. The van der Waals surface area contributed by atoms with Gasteiger partial charge < -0.3 is 15.5 Å². The van der Waals surface area contributed by atoms with Gasteiger partial charge in [-0.3, -0.25) is 4.79 Å². The van der Waals surface area contributed by atoms with Gasteiger partial charge in [-0.1, -0.05) is 48.5 Å². The van der Waals surface area contributed by atoms with Gasteiger partial charge in [-0.05, 0) is 30.5 Å². The van der Waals surface area contributed by atoms with E-state index in [1.807, 2.05) is 48.5 Å². The van der Waals surface area contributed by atoms with E-state index in [4.69, 9.17) is 0 Å². The van der Waals surface area contributed by atoms with Gasteiger partial charge in [0.1, 0.15) is 0 Å². The highest BCUT2D eigenvalue weighted by atomic mass is 16.2. The first-order chi connectivity index (χ1) is 12.1. The summed E-state index contributed by atoms with van der Waals surface area (Å²) in [6.45, 7) is 3.18. The molecule has 2 aromatic rings. The second-order valence-electron chi connectivity index (χ2n) is 5.84. The maximum atomic E-state index is 11.8. The summed E-state index contributed by atoms with van der Waals surface area (Å²) in [5, 5.41) is 5.54. The van der Waals surface area contributed by atoms with Crippen LogP contribution in [0.5, 0.6) is 0 Å². The molecule has 2 aromatic carbocycles. The van der Waals surface area contributed by atoms with E-state index >= 15 is 0 Å². The van der Waals surface area contributed by atoms with E-state index in [0.29, 0.717) is 19.6 Å². The number of carbonyl (C=O) groups is 2. The van der Waals surface area contributed by atoms with E-state index in [0.717, 1.165) is 18.5 Å². The molecule has 0 radical (unpaired) electrons. The number of hydrogen-bond donors (Lipinski definition) is 2. The first-order valence-electron chi connectivity index (χ1n) is 8.54. The molecule has 3 amide bonds. The summed E-state index contributed by atoms with van der Waals surface area (Å²) < 4.78 is 0.